The second kappa shape index (κ2) is 14.7. The fourth-order valence-electron chi connectivity index (χ4n) is 3.04. The number of primary amides is 1. The molecule has 0 heterocycles. The van der Waals surface area contributed by atoms with Crippen LogP contribution in [0.3, 0.4) is 0 Å². The van der Waals surface area contributed by atoms with E-state index in [2.05, 4.69) is 21.3 Å². The fraction of sp³-hybridized carbons (Fsp3) is 0.542. The highest BCUT2D eigenvalue weighted by Crippen LogP contribution is 2.12. The molecular weight excluding hydrogens is 454 g/mol. The van der Waals surface area contributed by atoms with Crippen LogP contribution in [0.5, 0.6) is 0 Å². The van der Waals surface area contributed by atoms with Crippen LogP contribution < -0.4 is 27.0 Å². The molecule has 0 aromatic heterocycles. The standard InChI is InChI=1S/C24H37N5O6/c1-6-7-21(31)35-13-17-8-10-18(11-9-17)28-24(34)19(12-20(25)30)29-23(33)16(5)27-22(32)15(4)26-14(2)3/h8-11,14-16,19,26H,6-7,12-13H2,1-5H3,(H2,25,30)(H,27,32)(H,28,34)(H,29,33). The van der Waals surface area contributed by atoms with Gasteiger partial charge < -0.3 is 31.7 Å². The van der Waals surface area contributed by atoms with Gasteiger partial charge in [0.15, 0.2) is 0 Å². The Labute approximate surface area is 205 Å². The average molecular weight is 492 g/mol. The molecule has 0 saturated heterocycles. The van der Waals surface area contributed by atoms with Crippen molar-refractivity contribution in [2.75, 3.05) is 5.32 Å². The third-order valence-electron chi connectivity index (χ3n) is 4.84. The van der Waals surface area contributed by atoms with Gasteiger partial charge in [-0.1, -0.05) is 32.9 Å². The van der Waals surface area contributed by atoms with E-state index in [9.17, 15) is 24.0 Å². The van der Waals surface area contributed by atoms with Crippen molar-refractivity contribution in [3.63, 3.8) is 0 Å². The van der Waals surface area contributed by atoms with Crippen LogP contribution >= 0.6 is 0 Å². The highest BCUT2D eigenvalue weighted by Gasteiger charge is 2.27. The number of ether oxygens (including phenoxy) is 1. The lowest BCUT2D eigenvalue weighted by molar-refractivity contribution is -0.145. The number of esters is 1. The van der Waals surface area contributed by atoms with Gasteiger partial charge >= 0.3 is 5.97 Å². The Bertz CT molecular complexity index is 887. The predicted octanol–water partition coefficient (Wildman–Crippen LogP) is 0.720. The molecule has 4 amide bonds. The fourth-order valence-corrected chi connectivity index (χ4v) is 3.04. The van der Waals surface area contributed by atoms with Gasteiger partial charge in [-0.3, -0.25) is 24.0 Å². The van der Waals surface area contributed by atoms with Crippen LogP contribution in [-0.2, 0) is 35.3 Å². The van der Waals surface area contributed by atoms with Gasteiger partial charge in [-0.05, 0) is 38.0 Å². The van der Waals surface area contributed by atoms with E-state index in [1.807, 2.05) is 20.8 Å². The summed E-state index contributed by atoms with van der Waals surface area (Å²) >= 11 is 0. The monoisotopic (exact) mass is 491 g/mol. The largest absolute Gasteiger partial charge is 0.461 e. The van der Waals surface area contributed by atoms with E-state index in [1.54, 1.807) is 31.2 Å². The van der Waals surface area contributed by atoms with Crippen LogP contribution in [0, 0.1) is 0 Å². The van der Waals surface area contributed by atoms with Crippen LogP contribution in [0.4, 0.5) is 5.69 Å². The first-order valence-corrected chi connectivity index (χ1v) is 11.6. The summed E-state index contributed by atoms with van der Waals surface area (Å²) in [7, 11) is 0. The van der Waals surface area contributed by atoms with E-state index in [0.29, 0.717) is 18.5 Å². The van der Waals surface area contributed by atoms with Gasteiger partial charge in [-0.15, -0.1) is 0 Å². The predicted molar refractivity (Wildman–Crippen MR) is 131 cm³/mol. The SMILES string of the molecule is CCCC(=O)OCc1ccc(NC(=O)C(CC(N)=O)NC(=O)C(C)NC(=O)C(C)NC(C)C)cc1. The van der Waals surface area contributed by atoms with Crippen LogP contribution in [0.25, 0.3) is 0 Å². The van der Waals surface area contributed by atoms with E-state index in [0.717, 1.165) is 5.56 Å². The third-order valence-corrected chi connectivity index (χ3v) is 4.84. The normalized spacial score (nSPS) is 13.3. The molecule has 0 radical (unpaired) electrons. The number of nitrogens with two attached hydrogens (primary N) is 1. The Hall–Kier alpha value is -3.47. The molecule has 1 aromatic carbocycles. The molecule has 0 aliphatic carbocycles. The first-order chi connectivity index (χ1) is 16.4. The van der Waals surface area contributed by atoms with E-state index < -0.39 is 42.3 Å². The minimum atomic E-state index is -1.24. The van der Waals surface area contributed by atoms with Crippen molar-refractivity contribution in [2.45, 2.75) is 84.7 Å². The van der Waals surface area contributed by atoms with Crippen molar-refractivity contribution in [1.82, 2.24) is 16.0 Å². The molecular formula is C24H37N5O6. The Morgan fingerprint density at radius 2 is 1.49 bits per heavy atom. The van der Waals surface area contributed by atoms with Gasteiger partial charge in [0.1, 0.15) is 18.7 Å². The Morgan fingerprint density at radius 1 is 0.886 bits per heavy atom. The Morgan fingerprint density at radius 3 is 2.03 bits per heavy atom. The summed E-state index contributed by atoms with van der Waals surface area (Å²) in [6.45, 7) is 8.92. The molecule has 194 valence electrons. The van der Waals surface area contributed by atoms with E-state index in [-0.39, 0.29) is 24.5 Å². The first-order valence-electron chi connectivity index (χ1n) is 11.6. The Balaban J connectivity index is 2.73. The van der Waals surface area contributed by atoms with Gasteiger partial charge in [-0.2, -0.15) is 0 Å². The number of benzene rings is 1. The summed E-state index contributed by atoms with van der Waals surface area (Å²) in [6.07, 6.45) is 0.624. The zero-order valence-electron chi connectivity index (χ0n) is 21.0. The summed E-state index contributed by atoms with van der Waals surface area (Å²) in [5.41, 5.74) is 6.40. The molecule has 6 N–H and O–H groups in total. The third kappa shape index (κ3) is 11.5. The summed E-state index contributed by atoms with van der Waals surface area (Å²) < 4.78 is 5.14. The van der Waals surface area contributed by atoms with Gasteiger partial charge in [0, 0.05) is 18.2 Å². The smallest absolute Gasteiger partial charge is 0.306 e. The molecule has 11 heteroatoms. The zero-order chi connectivity index (χ0) is 26.5. The second-order valence-corrected chi connectivity index (χ2v) is 8.60. The van der Waals surface area contributed by atoms with Crippen LogP contribution in [0.1, 0.15) is 59.4 Å². The van der Waals surface area contributed by atoms with E-state index in [4.69, 9.17) is 10.5 Å². The van der Waals surface area contributed by atoms with Gasteiger partial charge in [0.25, 0.3) is 0 Å². The van der Waals surface area contributed by atoms with E-state index in [1.165, 1.54) is 6.92 Å². The molecule has 0 bridgehead atoms. The molecule has 3 atom stereocenters. The number of hydrogen-bond donors (Lipinski definition) is 5. The van der Waals surface area contributed by atoms with Crippen molar-refractivity contribution in [3.05, 3.63) is 29.8 Å². The molecule has 0 aliphatic rings. The Kier molecular flexibility index (Phi) is 12.4. The molecule has 11 nitrogen and oxygen atoms in total. The number of anilines is 1. The summed E-state index contributed by atoms with van der Waals surface area (Å²) in [6, 6.07) is 3.95. The maximum atomic E-state index is 12.7. The van der Waals surface area contributed by atoms with Crippen molar-refractivity contribution >= 4 is 35.3 Å². The number of carbonyl (C=O) groups is 5. The quantitative estimate of drug-likeness (QED) is 0.239. The minimum absolute atomic E-state index is 0.0775. The zero-order valence-corrected chi connectivity index (χ0v) is 21.0. The van der Waals surface area contributed by atoms with Crippen molar-refractivity contribution < 1.29 is 28.7 Å². The van der Waals surface area contributed by atoms with Gasteiger partial charge in [0.2, 0.25) is 23.6 Å². The van der Waals surface area contributed by atoms with Crippen LogP contribution in [0.2, 0.25) is 0 Å². The van der Waals surface area contributed by atoms with Crippen molar-refractivity contribution in [2.24, 2.45) is 5.73 Å². The topological polar surface area (TPSA) is 169 Å². The average Bonchev–Trinajstić information content (AvgIpc) is 2.77. The summed E-state index contributed by atoms with van der Waals surface area (Å²) in [5, 5.41) is 10.7. The van der Waals surface area contributed by atoms with Gasteiger partial charge in [0.05, 0.1) is 12.5 Å². The molecule has 1 rings (SSSR count). The molecule has 0 aliphatic heterocycles. The first kappa shape index (κ1) is 29.6. The van der Waals surface area contributed by atoms with Crippen molar-refractivity contribution in [1.29, 1.82) is 0 Å². The van der Waals surface area contributed by atoms with E-state index >= 15 is 0 Å². The number of hydrogen-bond acceptors (Lipinski definition) is 7. The van der Waals surface area contributed by atoms with Crippen molar-refractivity contribution in [3.8, 4) is 0 Å². The molecule has 0 saturated carbocycles. The molecule has 0 fully saturated rings. The highest BCUT2D eigenvalue weighted by molar-refractivity contribution is 6.00. The summed E-state index contributed by atoms with van der Waals surface area (Å²) in [5.74, 6) is -2.72. The summed E-state index contributed by atoms with van der Waals surface area (Å²) in [4.78, 5) is 60.5. The lowest BCUT2D eigenvalue weighted by Crippen LogP contribution is -2.55. The number of carbonyl (C=O) groups excluding carboxylic acids is 5. The molecule has 1 aromatic rings. The number of nitrogens with one attached hydrogen (secondary N) is 4. The van der Waals surface area contributed by atoms with Crippen LogP contribution in [0.15, 0.2) is 24.3 Å². The minimum Gasteiger partial charge on any atom is -0.461 e. The lowest BCUT2D eigenvalue weighted by atomic mass is 10.1. The maximum absolute atomic E-state index is 12.7. The molecule has 0 spiro atoms. The number of rotatable bonds is 14. The maximum Gasteiger partial charge on any atom is 0.306 e. The lowest BCUT2D eigenvalue weighted by Gasteiger charge is -2.22. The second-order valence-electron chi connectivity index (χ2n) is 8.60. The molecule has 35 heavy (non-hydrogen) atoms. The van der Waals surface area contributed by atoms with Crippen LogP contribution in [-0.4, -0.2) is 53.8 Å². The number of amides is 4. The molecule has 3 unspecified atom stereocenters. The highest BCUT2D eigenvalue weighted by atomic mass is 16.5. The van der Waals surface area contributed by atoms with Gasteiger partial charge in [-0.25, -0.2) is 0 Å².